The minimum atomic E-state index is -4.60. The fraction of sp³-hybridized carbons (Fsp3) is 0.278. The van der Waals surface area contributed by atoms with Crippen LogP contribution in [0.25, 0.3) is 0 Å². The third-order valence-corrected chi connectivity index (χ3v) is 6.35. The Bertz CT molecular complexity index is 1100. The zero-order valence-corrected chi connectivity index (χ0v) is 17.7. The SMILES string of the molecule is CCN(CC)S(=O)(=O)c1cc([N+](=O)[O-])ccc1NNC(=O)Nc1cccc(C(F)(F)F)c1. The molecule has 0 saturated carbocycles. The van der Waals surface area contributed by atoms with Gasteiger partial charge in [-0.15, -0.1) is 0 Å². The average Bonchev–Trinajstić information content (AvgIpc) is 2.72. The van der Waals surface area contributed by atoms with Gasteiger partial charge in [-0.1, -0.05) is 19.9 Å². The van der Waals surface area contributed by atoms with Gasteiger partial charge in [0.05, 0.1) is 16.2 Å². The number of amides is 2. The van der Waals surface area contributed by atoms with Crippen LogP contribution in [0, 0.1) is 10.1 Å². The molecule has 0 fully saturated rings. The molecule has 10 nitrogen and oxygen atoms in total. The lowest BCUT2D eigenvalue weighted by Crippen LogP contribution is -2.35. The van der Waals surface area contributed by atoms with Crippen LogP contribution >= 0.6 is 0 Å². The lowest BCUT2D eigenvalue weighted by Gasteiger charge is -2.21. The summed E-state index contributed by atoms with van der Waals surface area (Å²) in [6, 6.07) is 5.89. The number of sulfonamides is 1. The summed E-state index contributed by atoms with van der Waals surface area (Å²) in [4.78, 5) is 22.0. The number of alkyl halides is 3. The van der Waals surface area contributed by atoms with E-state index in [2.05, 4.69) is 16.2 Å². The number of halogens is 3. The maximum Gasteiger partial charge on any atom is 0.416 e. The monoisotopic (exact) mass is 475 g/mol. The number of urea groups is 1. The van der Waals surface area contributed by atoms with Gasteiger partial charge in [0.1, 0.15) is 4.90 Å². The summed E-state index contributed by atoms with van der Waals surface area (Å²) in [6.45, 7) is 3.38. The van der Waals surface area contributed by atoms with E-state index in [4.69, 9.17) is 0 Å². The van der Waals surface area contributed by atoms with E-state index in [-0.39, 0.29) is 24.5 Å². The molecule has 0 radical (unpaired) electrons. The zero-order valence-electron chi connectivity index (χ0n) is 16.9. The highest BCUT2D eigenvalue weighted by Crippen LogP contribution is 2.31. The summed E-state index contributed by atoms with van der Waals surface area (Å²) in [5, 5.41) is 13.3. The summed E-state index contributed by atoms with van der Waals surface area (Å²) in [6.07, 6.45) is -4.60. The molecule has 2 aromatic carbocycles. The van der Waals surface area contributed by atoms with Crippen molar-refractivity contribution in [3.05, 3.63) is 58.1 Å². The molecule has 0 aliphatic heterocycles. The van der Waals surface area contributed by atoms with Crippen molar-refractivity contribution in [2.75, 3.05) is 23.8 Å². The van der Waals surface area contributed by atoms with Crippen LogP contribution in [0.5, 0.6) is 0 Å². The highest BCUT2D eigenvalue weighted by Gasteiger charge is 2.30. The normalized spacial score (nSPS) is 11.8. The number of nitrogens with one attached hydrogen (secondary N) is 3. The Morgan fingerprint density at radius 1 is 1.12 bits per heavy atom. The number of hydrogen-bond donors (Lipinski definition) is 3. The number of nitrogens with zero attached hydrogens (tertiary/aromatic N) is 2. The molecule has 0 bridgehead atoms. The minimum Gasteiger partial charge on any atom is -0.307 e. The quantitative estimate of drug-likeness (QED) is 0.393. The van der Waals surface area contributed by atoms with Crippen LogP contribution < -0.4 is 16.2 Å². The molecular weight excluding hydrogens is 455 g/mol. The number of hydrogen-bond acceptors (Lipinski definition) is 6. The van der Waals surface area contributed by atoms with Crippen molar-refractivity contribution in [2.45, 2.75) is 24.9 Å². The molecule has 0 heterocycles. The summed E-state index contributed by atoms with van der Waals surface area (Å²) in [5.74, 6) is 0. The molecule has 0 spiro atoms. The van der Waals surface area contributed by atoms with Crippen LogP contribution in [0.15, 0.2) is 47.4 Å². The van der Waals surface area contributed by atoms with Crippen LogP contribution in [0.3, 0.4) is 0 Å². The maximum absolute atomic E-state index is 12.9. The van der Waals surface area contributed by atoms with Gasteiger partial charge in [-0.3, -0.25) is 21.0 Å². The average molecular weight is 475 g/mol. The standard InChI is InChI=1S/C18H20F3N5O5S/c1-3-25(4-2)32(30,31)16-11-14(26(28)29)8-9-15(16)23-24-17(27)22-13-7-5-6-12(10-13)18(19,20)21/h5-11,23H,3-4H2,1-2H3,(H2,22,24,27). The molecule has 0 aliphatic rings. The van der Waals surface area contributed by atoms with Crippen LogP contribution in [-0.4, -0.2) is 36.8 Å². The first-order valence-corrected chi connectivity index (χ1v) is 10.6. The summed E-state index contributed by atoms with van der Waals surface area (Å²) in [7, 11) is -4.15. The van der Waals surface area contributed by atoms with Crippen LogP contribution in [0.2, 0.25) is 0 Å². The third kappa shape index (κ3) is 5.85. The van der Waals surface area contributed by atoms with Gasteiger partial charge in [0.2, 0.25) is 10.0 Å². The Balaban J connectivity index is 2.26. The second-order valence-corrected chi connectivity index (χ2v) is 8.22. The van der Waals surface area contributed by atoms with E-state index in [1.807, 2.05) is 0 Å². The Labute approximate surface area is 181 Å². The summed E-state index contributed by atoms with van der Waals surface area (Å²) < 4.78 is 65.2. The van der Waals surface area contributed by atoms with Gasteiger partial charge in [-0.25, -0.2) is 13.2 Å². The fourth-order valence-corrected chi connectivity index (χ4v) is 4.33. The molecule has 2 amide bonds. The van der Waals surface area contributed by atoms with Crippen LogP contribution in [0.4, 0.5) is 35.0 Å². The minimum absolute atomic E-state index is 0.102. The number of non-ortho nitro benzene ring substituents is 1. The Morgan fingerprint density at radius 2 is 1.78 bits per heavy atom. The van der Waals surface area contributed by atoms with Crippen molar-refractivity contribution in [1.82, 2.24) is 9.73 Å². The number of carbonyl (C=O) groups is 1. The summed E-state index contributed by atoms with van der Waals surface area (Å²) in [5.41, 5.74) is 2.69. The predicted octanol–water partition coefficient (Wildman–Crippen LogP) is 3.79. The van der Waals surface area contributed by atoms with Crippen LogP contribution in [0.1, 0.15) is 19.4 Å². The Morgan fingerprint density at radius 3 is 2.34 bits per heavy atom. The predicted molar refractivity (Wildman–Crippen MR) is 110 cm³/mol. The molecule has 174 valence electrons. The van der Waals surface area contributed by atoms with Crippen LogP contribution in [-0.2, 0) is 16.2 Å². The molecule has 3 N–H and O–H groups in total. The number of benzene rings is 2. The van der Waals surface area contributed by atoms with Gasteiger partial charge in [0.25, 0.3) is 5.69 Å². The number of anilines is 2. The number of carbonyl (C=O) groups excluding carboxylic acids is 1. The first kappa shape index (κ1) is 24.9. The Hall–Kier alpha value is -3.39. The molecule has 0 saturated heterocycles. The molecule has 0 atom stereocenters. The topological polar surface area (TPSA) is 134 Å². The lowest BCUT2D eigenvalue weighted by atomic mass is 10.2. The third-order valence-electron chi connectivity index (χ3n) is 4.26. The second-order valence-electron chi connectivity index (χ2n) is 6.31. The van der Waals surface area contributed by atoms with Gasteiger partial charge in [0, 0.05) is 30.9 Å². The molecule has 32 heavy (non-hydrogen) atoms. The number of nitro groups is 1. The fourth-order valence-electron chi connectivity index (χ4n) is 2.70. The highest BCUT2D eigenvalue weighted by atomic mass is 32.2. The molecule has 0 aromatic heterocycles. The van der Waals surface area contributed by atoms with E-state index >= 15 is 0 Å². The van der Waals surface area contributed by atoms with Crippen molar-refractivity contribution in [3.8, 4) is 0 Å². The lowest BCUT2D eigenvalue weighted by molar-refractivity contribution is -0.385. The van der Waals surface area contributed by atoms with E-state index in [0.717, 1.165) is 40.7 Å². The van der Waals surface area contributed by atoms with Gasteiger partial charge in [-0.2, -0.15) is 17.5 Å². The number of hydrazine groups is 1. The van der Waals surface area contributed by atoms with Crippen molar-refractivity contribution >= 4 is 33.1 Å². The van der Waals surface area contributed by atoms with E-state index in [9.17, 15) is 36.5 Å². The molecule has 0 unspecified atom stereocenters. The molecule has 14 heteroatoms. The van der Waals surface area contributed by atoms with Crippen molar-refractivity contribution < 1.29 is 31.3 Å². The van der Waals surface area contributed by atoms with Gasteiger partial charge < -0.3 is 5.32 Å². The highest BCUT2D eigenvalue weighted by molar-refractivity contribution is 7.89. The first-order chi connectivity index (χ1) is 14.9. The molecule has 0 aliphatic carbocycles. The number of rotatable bonds is 8. The molecular formula is C18H20F3N5O5S. The maximum atomic E-state index is 12.9. The largest absolute Gasteiger partial charge is 0.416 e. The van der Waals surface area contributed by atoms with E-state index in [1.54, 1.807) is 13.8 Å². The summed E-state index contributed by atoms with van der Waals surface area (Å²) >= 11 is 0. The first-order valence-electron chi connectivity index (χ1n) is 9.19. The molecule has 2 aromatic rings. The van der Waals surface area contributed by atoms with Crippen molar-refractivity contribution in [1.29, 1.82) is 0 Å². The smallest absolute Gasteiger partial charge is 0.307 e. The van der Waals surface area contributed by atoms with E-state index in [1.165, 1.54) is 6.07 Å². The van der Waals surface area contributed by atoms with Gasteiger partial charge in [-0.05, 0) is 24.3 Å². The van der Waals surface area contributed by atoms with E-state index in [0.29, 0.717) is 0 Å². The van der Waals surface area contributed by atoms with Crippen molar-refractivity contribution in [2.24, 2.45) is 0 Å². The van der Waals surface area contributed by atoms with Gasteiger partial charge in [0.15, 0.2) is 0 Å². The number of nitro benzene ring substituents is 1. The van der Waals surface area contributed by atoms with E-state index < -0.39 is 43.3 Å². The second kappa shape index (κ2) is 9.82. The zero-order chi connectivity index (χ0) is 24.1. The molecule has 2 rings (SSSR count). The Kier molecular flexibility index (Phi) is 7.64. The van der Waals surface area contributed by atoms with Crippen molar-refractivity contribution in [3.63, 3.8) is 0 Å². The van der Waals surface area contributed by atoms with Gasteiger partial charge >= 0.3 is 12.2 Å².